The SMILES string of the molecule is O=C(Oc1ccc(C(=O)Oc2ccc(C(=O)Oc3ccccc3)cc2)cc1)c1ccccc1. The zero-order valence-electron chi connectivity index (χ0n) is 17.3. The molecule has 4 aromatic rings. The first kappa shape index (κ1) is 21.5. The summed E-state index contributed by atoms with van der Waals surface area (Å²) >= 11 is 0. The fourth-order valence-electron chi connectivity index (χ4n) is 2.88. The molecule has 0 fully saturated rings. The van der Waals surface area contributed by atoms with Crippen molar-refractivity contribution < 1.29 is 28.6 Å². The first-order chi connectivity index (χ1) is 16.1. The highest BCUT2D eigenvalue weighted by Gasteiger charge is 2.13. The van der Waals surface area contributed by atoms with Gasteiger partial charge in [-0.2, -0.15) is 0 Å². The van der Waals surface area contributed by atoms with Crippen molar-refractivity contribution in [1.29, 1.82) is 0 Å². The lowest BCUT2D eigenvalue weighted by Gasteiger charge is -2.07. The molecular weight excluding hydrogens is 420 g/mol. The van der Waals surface area contributed by atoms with Crippen molar-refractivity contribution in [2.45, 2.75) is 0 Å². The minimum absolute atomic E-state index is 0.274. The van der Waals surface area contributed by atoms with Crippen LogP contribution >= 0.6 is 0 Å². The number of ether oxygens (including phenoxy) is 3. The zero-order chi connectivity index (χ0) is 23.0. The van der Waals surface area contributed by atoms with Gasteiger partial charge in [0.2, 0.25) is 0 Å². The predicted molar refractivity (Wildman–Crippen MR) is 121 cm³/mol. The van der Waals surface area contributed by atoms with E-state index in [2.05, 4.69) is 0 Å². The number of carbonyl (C=O) groups excluding carboxylic acids is 3. The lowest BCUT2D eigenvalue weighted by Crippen LogP contribution is -2.11. The first-order valence-electron chi connectivity index (χ1n) is 10.1. The maximum absolute atomic E-state index is 12.4. The van der Waals surface area contributed by atoms with Crippen LogP contribution in [0.15, 0.2) is 109 Å². The van der Waals surface area contributed by atoms with Gasteiger partial charge in [-0.15, -0.1) is 0 Å². The Morgan fingerprint density at radius 1 is 0.364 bits per heavy atom. The maximum Gasteiger partial charge on any atom is 0.343 e. The third-order valence-electron chi connectivity index (χ3n) is 4.56. The largest absolute Gasteiger partial charge is 0.423 e. The molecule has 0 aromatic heterocycles. The van der Waals surface area contributed by atoms with E-state index in [-0.39, 0.29) is 11.3 Å². The van der Waals surface area contributed by atoms with E-state index in [0.717, 1.165) is 0 Å². The van der Waals surface area contributed by atoms with Crippen molar-refractivity contribution in [2.75, 3.05) is 0 Å². The molecule has 4 aromatic carbocycles. The number of para-hydroxylation sites is 1. The van der Waals surface area contributed by atoms with Gasteiger partial charge in [0, 0.05) is 0 Å². The first-order valence-corrected chi connectivity index (χ1v) is 10.1. The van der Waals surface area contributed by atoms with E-state index in [0.29, 0.717) is 22.6 Å². The Kier molecular flexibility index (Phi) is 6.56. The molecule has 0 aliphatic heterocycles. The summed E-state index contributed by atoms with van der Waals surface area (Å²) in [5.74, 6) is -0.569. The molecule has 0 aliphatic carbocycles. The Morgan fingerprint density at radius 3 is 1.06 bits per heavy atom. The second kappa shape index (κ2) is 10.1. The average molecular weight is 438 g/mol. The summed E-state index contributed by atoms with van der Waals surface area (Å²) in [6, 6.07) is 29.4. The Hall–Kier alpha value is -4.71. The average Bonchev–Trinajstić information content (AvgIpc) is 2.86. The third kappa shape index (κ3) is 5.71. The van der Waals surface area contributed by atoms with Gasteiger partial charge in [-0.05, 0) is 72.8 Å². The Bertz CT molecular complexity index is 1250. The van der Waals surface area contributed by atoms with Crippen LogP contribution in [0.1, 0.15) is 31.1 Å². The summed E-state index contributed by atoms with van der Waals surface area (Å²) in [5.41, 5.74) is 1.03. The van der Waals surface area contributed by atoms with E-state index < -0.39 is 17.9 Å². The number of rotatable bonds is 6. The minimum Gasteiger partial charge on any atom is -0.423 e. The van der Waals surface area contributed by atoms with Crippen LogP contribution in [-0.4, -0.2) is 17.9 Å². The van der Waals surface area contributed by atoms with Crippen LogP contribution in [-0.2, 0) is 0 Å². The molecule has 0 saturated carbocycles. The molecule has 33 heavy (non-hydrogen) atoms. The van der Waals surface area contributed by atoms with Crippen molar-refractivity contribution in [3.05, 3.63) is 126 Å². The summed E-state index contributed by atoms with van der Waals surface area (Å²) in [4.78, 5) is 36.7. The molecule has 162 valence electrons. The molecule has 0 heterocycles. The number of carbonyl (C=O) groups is 3. The Labute approximate surface area is 190 Å². The van der Waals surface area contributed by atoms with E-state index in [1.807, 2.05) is 6.07 Å². The highest BCUT2D eigenvalue weighted by atomic mass is 16.5. The number of hydrogen-bond acceptors (Lipinski definition) is 6. The van der Waals surface area contributed by atoms with Crippen LogP contribution < -0.4 is 14.2 Å². The van der Waals surface area contributed by atoms with Crippen LogP contribution in [0.25, 0.3) is 0 Å². The number of hydrogen-bond donors (Lipinski definition) is 0. The van der Waals surface area contributed by atoms with E-state index >= 15 is 0 Å². The van der Waals surface area contributed by atoms with Crippen LogP contribution in [0.4, 0.5) is 0 Å². The predicted octanol–water partition coefficient (Wildman–Crippen LogP) is 5.34. The normalized spacial score (nSPS) is 10.2. The lowest BCUT2D eigenvalue weighted by molar-refractivity contribution is 0.0725. The van der Waals surface area contributed by atoms with Gasteiger partial charge in [0.15, 0.2) is 0 Å². The third-order valence-corrected chi connectivity index (χ3v) is 4.56. The summed E-state index contributed by atoms with van der Waals surface area (Å²) in [5, 5.41) is 0. The quantitative estimate of drug-likeness (QED) is 0.299. The Balaban J connectivity index is 1.34. The molecule has 0 bridgehead atoms. The lowest BCUT2D eigenvalue weighted by atomic mass is 10.2. The van der Waals surface area contributed by atoms with Crippen LogP contribution in [0.2, 0.25) is 0 Å². The van der Waals surface area contributed by atoms with Crippen molar-refractivity contribution in [3.8, 4) is 17.2 Å². The number of esters is 3. The molecule has 0 amide bonds. The van der Waals surface area contributed by atoms with Crippen molar-refractivity contribution >= 4 is 17.9 Å². The van der Waals surface area contributed by atoms with E-state index in [1.54, 1.807) is 54.6 Å². The van der Waals surface area contributed by atoms with E-state index in [1.165, 1.54) is 48.5 Å². The molecule has 0 spiro atoms. The summed E-state index contributed by atoms with van der Waals surface area (Å²) in [6.45, 7) is 0. The zero-order valence-corrected chi connectivity index (χ0v) is 17.3. The maximum atomic E-state index is 12.4. The molecule has 4 rings (SSSR count). The molecule has 0 atom stereocenters. The molecule has 0 unspecified atom stereocenters. The summed E-state index contributed by atoms with van der Waals surface area (Å²) in [7, 11) is 0. The summed E-state index contributed by atoms with van der Waals surface area (Å²) < 4.78 is 15.9. The second-order valence-electron chi connectivity index (χ2n) is 6.90. The van der Waals surface area contributed by atoms with Gasteiger partial charge < -0.3 is 14.2 Å². The van der Waals surface area contributed by atoms with Crippen molar-refractivity contribution in [1.82, 2.24) is 0 Å². The molecule has 0 aliphatic rings. The van der Waals surface area contributed by atoms with Gasteiger partial charge in [0.25, 0.3) is 0 Å². The minimum atomic E-state index is -0.587. The second-order valence-corrected chi connectivity index (χ2v) is 6.90. The fraction of sp³-hybridized carbons (Fsp3) is 0. The molecule has 6 nitrogen and oxygen atoms in total. The van der Waals surface area contributed by atoms with Gasteiger partial charge in [0.05, 0.1) is 16.7 Å². The monoisotopic (exact) mass is 438 g/mol. The van der Waals surface area contributed by atoms with Gasteiger partial charge in [0.1, 0.15) is 17.2 Å². The van der Waals surface area contributed by atoms with E-state index in [9.17, 15) is 14.4 Å². The van der Waals surface area contributed by atoms with E-state index in [4.69, 9.17) is 14.2 Å². The molecule has 6 heteroatoms. The molecule has 0 radical (unpaired) electrons. The van der Waals surface area contributed by atoms with Gasteiger partial charge in [-0.3, -0.25) is 0 Å². The molecular formula is C27H18O6. The highest BCUT2D eigenvalue weighted by molar-refractivity contribution is 5.93. The van der Waals surface area contributed by atoms with Gasteiger partial charge >= 0.3 is 17.9 Å². The standard InChI is InChI=1S/C27H18O6/c28-25(19-7-3-1-4-8-19)32-23-15-13-21(14-16-23)27(30)33-24-17-11-20(12-18-24)26(29)31-22-9-5-2-6-10-22/h1-18H. The summed E-state index contributed by atoms with van der Waals surface area (Å²) in [6.07, 6.45) is 0. The fourth-order valence-corrected chi connectivity index (χ4v) is 2.88. The topological polar surface area (TPSA) is 78.9 Å². The smallest absolute Gasteiger partial charge is 0.343 e. The Morgan fingerprint density at radius 2 is 0.667 bits per heavy atom. The molecule has 0 N–H and O–H groups in total. The number of benzene rings is 4. The van der Waals surface area contributed by atoms with Crippen molar-refractivity contribution in [3.63, 3.8) is 0 Å². The van der Waals surface area contributed by atoms with Gasteiger partial charge in [-0.1, -0.05) is 36.4 Å². The molecule has 0 saturated heterocycles. The van der Waals surface area contributed by atoms with Gasteiger partial charge in [-0.25, -0.2) is 14.4 Å². The van der Waals surface area contributed by atoms with Crippen molar-refractivity contribution in [2.24, 2.45) is 0 Å². The van der Waals surface area contributed by atoms with Crippen LogP contribution in [0.3, 0.4) is 0 Å². The highest BCUT2D eigenvalue weighted by Crippen LogP contribution is 2.19. The van der Waals surface area contributed by atoms with Crippen LogP contribution in [0.5, 0.6) is 17.2 Å². The van der Waals surface area contributed by atoms with Crippen LogP contribution in [0, 0.1) is 0 Å².